The van der Waals surface area contributed by atoms with Crippen LogP contribution in [0.3, 0.4) is 0 Å². The van der Waals surface area contributed by atoms with E-state index in [4.69, 9.17) is 15.7 Å². The molecule has 0 saturated carbocycles. The summed E-state index contributed by atoms with van der Waals surface area (Å²) >= 11 is 0. The Kier molecular flexibility index (Phi) is 5.88. The zero-order valence-corrected chi connectivity index (χ0v) is 11.9. The summed E-state index contributed by atoms with van der Waals surface area (Å²) in [5.41, 5.74) is 5.43. The highest BCUT2D eigenvalue weighted by molar-refractivity contribution is 5.85. The molecule has 1 aliphatic rings. The van der Waals surface area contributed by atoms with Gasteiger partial charge in [-0.25, -0.2) is 0 Å². The fourth-order valence-corrected chi connectivity index (χ4v) is 2.28. The number of ether oxygens (including phenoxy) is 1. The maximum atomic E-state index is 8.70. The summed E-state index contributed by atoms with van der Waals surface area (Å²) in [6.07, 6.45) is 4.73. The van der Waals surface area contributed by atoms with Gasteiger partial charge in [-0.1, -0.05) is 19.0 Å². The molecule has 1 fully saturated rings. The maximum Gasteiger partial charge on any atom is 0.144 e. The monoisotopic (exact) mass is 257 g/mol. The topological polar surface area (TPSA) is 71.1 Å². The predicted molar refractivity (Wildman–Crippen MR) is 72.9 cm³/mol. The van der Waals surface area contributed by atoms with Crippen molar-refractivity contribution in [2.45, 2.75) is 45.6 Å². The van der Waals surface area contributed by atoms with Crippen molar-refractivity contribution in [2.75, 3.05) is 26.7 Å². The summed E-state index contributed by atoms with van der Waals surface area (Å²) in [5, 5.41) is 11.8. The zero-order valence-electron chi connectivity index (χ0n) is 11.9. The lowest BCUT2D eigenvalue weighted by Gasteiger charge is -2.25. The highest BCUT2D eigenvalue weighted by atomic mass is 16.5. The number of oxime groups is 1. The first kappa shape index (κ1) is 15.2. The molecule has 1 unspecified atom stereocenters. The molecular formula is C13H27N3O2. The van der Waals surface area contributed by atoms with E-state index in [0.29, 0.717) is 11.9 Å². The van der Waals surface area contributed by atoms with Gasteiger partial charge in [0.05, 0.1) is 6.10 Å². The molecule has 106 valence electrons. The van der Waals surface area contributed by atoms with Crippen molar-refractivity contribution in [1.82, 2.24) is 4.90 Å². The van der Waals surface area contributed by atoms with Gasteiger partial charge in [0, 0.05) is 18.6 Å². The largest absolute Gasteiger partial charge is 0.409 e. The van der Waals surface area contributed by atoms with Crippen molar-refractivity contribution in [2.24, 2.45) is 16.3 Å². The third-order valence-electron chi connectivity index (χ3n) is 3.68. The van der Waals surface area contributed by atoms with Crippen LogP contribution in [0.1, 0.15) is 39.5 Å². The molecule has 5 heteroatoms. The molecule has 0 amide bonds. The second-order valence-electron chi connectivity index (χ2n) is 5.87. The number of hydrogen-bond donors (Lipinski definition) is 2. The number of hydrogen-bond acceptors (Lipinski definition) is 4. The molecule has 0 aromatic heterocycles. The van der Waals surface area contributed by atoms with Crippen LogP contribution in [0, 0.1) is 5.41 Å². The van der Waals surface area contributed by atoms with Crippen LogP contribution < -0.4 is 5.73 Å². The van der Waals surface area contributed by atoms with Crippen LogP contribution in [0.4, 0.5) is 0 Å². The quantitative estimate of drug-likeness (QED) is 0.315. The highest BCUT2D eigenvalue weighted by Gasteiger charge is 2.23. The van der Waals surface area contributed by atoms with E-state index in [1.165, 1.54) is 12.8 Å². The van der Waals surface area contributed by atoms with Crippen LogP contribution in [0.2, 0.25) is 0 Å². The minimum atomic E-state index is -0.237. The summed E-state index contributed by atoms with van der Waals surface area (Å²) in [7, 11) is 2.12. The molecule has 18 heavy (non-hydrogen) atoms. The lowest BCUT2D eigenvalue weighted by atomic mass is 9.86. The van der Waals surface area contributed by atoms with Gasteiger partial charge in [-0.05, 0) is 39.3 Å². The Morgan fingerprint density at radius 1 is 1.56 bits per heavy atom. The van der Waals surface area contributed by atoms with E-state index < -0.39 is 0 Å². The van der Waals surface area contributed by atoms with Gasteiger partial charge < -0.3 is 20.6 Å². The molecule has 1 heterocycles. The number of likely N-dealkylation sites (N-methyl/N-ethyl adjacent to an activating group) is 1. The van der Waals surface area contributed by atoms with Gasteiger partial charge in [0.25, 0.3) is 0 Å². The average molecular weight is 257 g/mol. The van der Waals surface area contributed by atoms with E-state index in [9.17, 15) is 0 Å². The molecule has 1 aliphatic heterocycles. The SMILES string of the molecule is CN(CCCC(C)(C)C(N)=NO)CC1CCCO1. The van der Waals surface area contributed by atoms with Crippen LogP contribution in [0.5, 0.6) is 0 Å². The first-order valence-electron chi connectivity index (χ1n) is 6.74. The molecule has 0 aromatic rings. The summed E-state index contributed by atoms with van der Waals surface area (Å²) in [4.78, 5) is 2.30. The van der Waals surface area contributed by atoms with Gasteiger partial charge in [-0.3, -0.25) is 0 Å². The Hall–Kier alpha value is -0.810. The second-order valence-corrected chi connectivity index (χ2v) is 5.87. The van der Waals surface area contributed by atoms with E-state index in [0.717, 1.165) is 32.5 Å². The second kappa shape index (κ2) is 6.95. The van der Waals surface area contributed by atoms with Crippen molar-refractivity contribution in [3.8, 4) is 0 Å². The van der Waals surface area contributed by atoms with E-state index in [-0.39, 0.29) is 5.41 Å². The summed E-state index contributed by atoms with van der Waals surface area (Å²) in [6.45, 7) is 6.94. The molecule has 1 atom stereocenters. The molecule has 0 bridgehead atoms. The van der Waals surface area contributed by atoms with Crippen LogP contribution in [0.15, 0.2) is 5.16 Å². The van der Waals surface area contributed by atoms with E-state index in [1.807, 2.05) is 13.8 Å². The Bertz CT molecular complexity index is 273. The lowest BCUT2D eigenvalue weighted by molar-refractivity contribution is 0.0803. The Balaban J connectivity index is 2.20. The van der Waals surface area contributed by atoms with Crippen LogP contribution in [-0.2, 0) is 4.74 Å². The highest BCUT2D eigenvalue weighted by Crippen LogP contribution is 2.22. The predicted octanol–water partition coefficient (Wildman–Crippen LogP) is 1.65. The number of nitrogens with two attached hydrogens (primary N) is 1. The fourth-order valence-electron chi connectivity index (χ4n) is 2.28. The maximum absolute atomic E-state index is 8.70. The molecule has 0 aliphatic carbocycles. The van der Waals surface area contributed by atoms with E-state index in [2.05, 4.69) is 17.1 Å². The normalized spacial score (nSPS) is 21.8. The number of nitrogens with zero attached hydrogens (tertiary/aromatic N) is 2. The van der Waals surface area contributed by atoms with Gasteiger partial charge in [0.15, 0.2) is 0 Å². The van der Waals surface area contributed by atoms with Crippen LogP contribution in [0.25, 0.3) is 0 Å². The lowest BCUT2D eigenvalue weighted by Crippen LogP contribution is -2.34. The number of amidine groups is 1. The summed E-state index contributed by atoms with van der Waals surface area (Å²) in [5.74, 6) is 0.310. The molecule has 0 radical (unpaired) electrons. The third-order valence-corrected chi connectivity index (χ3v) is 3.68. The smallest absolute Gasteiger partial charge is 0.144 e. The van der Waals surface area contributed by atoms with Crippen LogP contribution in [-0.4, -0.2) is 48.8 Å². The van der Waals surface area contributed by atoms with Crippen molar-refractivity contribution in [1.29, 1.82) is 0 Å². The first-order chi connectivity index (χ1) is 8.45. The van der Waals surface area contributed by atoms with Gasteiger partial charge in [-0.15, -0.1) is 0 Å². The molecule has 3 N–H and O–H groups in total. The summed E-state index contributed by atoms with van der Waals surface area (Å²) in [6, 6.07) is 0. The molecular weight excluding hydrogens is 230 g/mol. The van der Waals surface area contributed by atoms with Gasteiger partial charge >= 0.3 is 0 Å². The van der Waals surface area contributed by atoms with Gasteiger partial charge in [-0.2, -0.15) is 0 Å². The van der Waals surface area contributed by atoms with E-state index >= 15 is 0 Å². The minimum absolute atomic E-state index is 0.237. The van der Waals surface area contributed by atoms with Crippen molar-refractivity contribution >= 4 is 5.84 Å². The van der Waals surface area contributed by atoms with Crippen molar-refractivity contribution < 1.29 is 9.94 Å². The third kappa shape index (κ3) is 4.82. The Morgan fingerprint density at radius 3 is 2.83 bits per heavy atom. The molecule has 1 rings (SSSR count). The average Bonchev–Trinajstić information content (AvgIpc) is 2.80. The van der Waals surface area contributed by atoms with Gasteiger partial charge in [0.2, 0.25) is 0 Å². The Morgan fingerprint density at radius 2 is 2.28 bits per heavy atom. The number of rotatable bonds is 7. The Labute approximate surface area is 110 Å². The van der Waals surface area contributed by atoms with Crippen molar-refractivity contribution in [3.05, 3.63) is 0 Å². The molecule has 0 spiro atoms. The summed E-state index contributed by atoms with van der Waals surface area (Å²) < 4.78 is 5.61. The van der Waals surface area contributed by atoms with Gasteiger partial charge in [0.1, 0.15) is 5.84 Å². The standard InChI is InChI=1S/C13H27N3O2/c1-13(2,12(14)15-17)7-5-8-16(3)10-11-6-4-9-18-11/h11,17H,4-10H2,1-3H3,(H2,14,15). The minimum Gasteiger partial charge on any atom is -0.409 e. The first-order valence-corrected chi connectivity index (χ1v) is 6.74. The van der Waals surface area contributed by atoms with E-state index in [1.54, 1.807) is 0 Å². The fraction of sp³-hybridized carbons (Fsp3) is 0.923. The van der Waals surface area contributed by atoms with Crippen molar-refractivity contribution in [3.63, 3.8) is 0 Å². The molecule has 0 aromatic carbocycles. The zero-order chi connectivity index (χ0) is 13.6. The molecule has 1 saturated heterocycles. The molecule has 5 nitrogen and oxygen atoms in total. The van der Waals surface area contributed by atoms with Crippen LogP contribution >= 0.6 is 0 Å².